The zero-order valence-corrected chi connectivity index (χ0v) is 9.12. The molecule has 2 heteroatoms. The Labute approximate surface area is 86.3 Å². The molecule has 0 aliphatic heterocycles. The lowest BCUT2D eigenvalue weighted by atomic mass is 9.77. The fourth-order valence-corrected chi connectivity index (χ4v) is 2.33. The number of carbonyl (C=O) groups excluding carboxylic acids is 1. The van der Waals surface area contributed by atoms with Gasteiger partial charge in [0.1, 0.15) is 5.92 Å². The molecule has 0 radical (unpaired) electrons. The molecule has 3 unspecified atom stereocenters. The molecule has 2 nitrogen and oxygen atoms in total. The first-order valence-corrected chi connectivity index (χ1v) is 5.62. The maximum Gasteiger partial charge on any atom is 0.153 e. The van der Waals surface area contributed by atoms with Crippen LogP contribution in [0.4, 0.5) is 0 Å². The monoisotopic (exact) mass is 193 g/mol. The molecule has 0 bridgehead atoms. The van der Waals surface area contributed by atoms with Crippen LogP contribution in [-0.2, 0) is 4.79 Å². The van der Waals surface area contributed by atoms with Gasteiger partial charge in [0.25, 0.3) is 0 Å². The van der Waals surface area contributed by atoms with Gasteiger partial charge in [-0.2, -0.15) is 5.26 Å². The highest BCUT2D eigenvalue weighted by molar-refractivity contribution is 5.85. The highest BCUT2D eigenvalue weighted by atomic mass is 16.1. The number of nitriles is 1. The van der Waals surface area contributed by atoms with Crippen LogP contribution in [0.1, 0.15) is 46.0 Å². The number of ketones is 1. The van der Waals surface area contributed by atoms with E-state index in [2.05, 4.69) is 13.0 Å². The average molecular weight is 193 g/mol. The van der Waals surface area contributed by atoms with Crippen molar-refractivity contribution in [1.82, 2.24) is 0 Å². The van der Waals surface area contributed by atoms with Crippen LogP contribution in [0.5, 0.6) is 0 Å². The van der Waals surface area contributed by atoms with Crippen molar-refractivity contribution in [2.24, 2.45) is 17.8 Å². The molecule has 0 spiro atoms. The zero-order chi connectivity index (χ0) is 10.6. The molecule has 0 N–H and O–H groups in total. The molecule has 0 heterocycles. The van der Waals surface area contributed by atoms with Crippen molar-refractivity contribution in [3.63, 3.8) is 0 Å². The minimum atomic E-state index is -0.356. The topological polar surface area (TPSA) is 40.9 Å². The molecule has 0 aromatic carbocycles. The van der Waals surface area contributed by atoms with E-state index in [-0.39, 0.29) is 17.6 Å². The average Bonchev–Trinajstić information content (AvgIpc) is 2.19. The van der Waals surface area contributed by atoms with Gasteiger partial charge in [-0.3, -0.25) is 4.79 Å². The maximum atomic E-state index is 11.9. The number of hydrogen-bond acceptors (Lipinski definition) is 2. The predicted molar refractivity (Wildman–Crippen MR) is 55.5 cm³/mol. The smallest absolute Gasteiger partial charge is 0.153 e. The Morgan fingerprint density at radius 3 is 2.79 bits per heavy atom. The van der Waals surface area contributed by atoms with E-state index in [1.807, 2.05) is 6.92 Å². The highest BCUT2D eigenvalue weighted by Crippen LogP contribution is 2.31. The largest absolute Gasteiger partial charge is 0.298 e. The van der Waals surface area contributed by atoms with Crippen LogP contribution < -0.4 is 0 Å². The Kier molecular flexibility index (Phi) is 4.13. The summed E-state index contributed by atoms with van der Waals surface area (Å²) in [6.45, 7) is 4.12. The van der Waals surface area contributed by atoms with Crippen molar-refractivity contribution >= 4 is 5.78 Å². The molecule has 0 aromatic heterocycles. The number of carbonyl (C=O) groups is 1. The number of hydrogen-bond donors (Lipinski definition) is 0. The van der Waals surface area contributed by atoms with E-state index in [1.54, 1.807) is 0 Å². The van der Waals surface area contributed by atoms with Crippen LogP contribution in [0.25, 0.3) is 0 Å². The van der Waals surface area contributed by atoms with Crippen LogP contribution in [0.2, 0.25) is 0 Å². The van der Waals surface area contributed by atoms with Gasteiger partial charge in [0.15, 0.2) is 5.78 Å². The third-order valence-electron chi connectivity index (χ3n) is 3.25. The van der Waals surface area contributed by atoms with Crippen LogP contribution in [0.3, 0.4) is 0 Å². The van der Waals surface area contributed by atoms with Gasteiger partial charge in [-0.15, -0.1) is 0 Å². The molecule has 1 rings (SSSR count). The quantitative estimate of drug-likeness (QED) is 0.691. The summed E-state index contributed by atoms with van der Waals surface area (Å²) in [5, 5.41) is 8.82. The molecule has 0 aromatic rings. The van der Waals surface area contributed by atoms with Crippen LogP contribution in [-0.4, -0.2) is 5.78 Å². The minimum absolute atomic E-state index is 0.170. The summed E-state index contributed by atoms with van der Waals surface area (Å²) in [7, 11) is 0. The summed E-state index contributed by atoms with van der Waals surface area (Å²) in [6, 6.07) is 2.11. The second kappa shape index (κ2) is 5.14. The zero-order valence-electron chi connectivity index (χ0n) is 9.12. The van der Waals surface area contributed by atoms with Gasteiger partial charge in [-0.1, -0.05) is 26.7 Å². The summed E-state index contributed by atoms with van der Waals surface area (Å²) in [6.07, 6.45) is 5.06. The molecule has 1 saturated carbocycles. The van der Waals surface area contributed by atoms with Gasteiger partial charge in [0.05, 0.1) is 6.07 Å². The summed E-state index contributed by atoms with van der Waals surface area (Å²) < 4.78 is 0. The van der Waals surface area contributed by atoms with Gasteiger partial charge < -0.3 is 0 Å². The lowest BCUT2D eigenvalue weighted by Crippen LogP contribution is -2.26. The number of rotatable bonds is 3. The van der Waals surface area contributed by atoms with Gasteiger partial charge in [-0.25, -0.2) is 0 Å². The number of Topliss-reactive ketones (excluding diaryl/α,β-unsaturated/α-hetero) is 1. The maximum absolute atomic E-state index is 11.9. The molecule has 78 valence electrons. The number of nitrogens with zero attached hydrogens (tertiary/aromatic N) is 1. The van der Waals surface area contributed by atoms with Crippen LogP contribution in [0.15, 0.2) is 0 Å². The fourth-order valence-electron chi connectivity index (χ4n) is 2.33. The molecule has 14 heavy (non-hydrogen) atoms. The second-order valence-corrected chi connectivity index (χ2v) is 4.46. The third kappa shape index (κ3) is 2.57. The first kappa shape index (κ1) is 11.2. The lowest BCUT2D eigenvalue weighted by Gasteiger charge is -2.26. The third-order valence-corrected chi connectivity index (χ3v) is 3.25. The molecule has 0 amide bonds. The summed E-state index contributed by atoms with van der Waals surface area (Å²) in [4.78, 5) is 11.9. The molecular weight excluding hydrogens is 174 g/mol. The lowest BCUT2D eigenvalue weighted by molar-refractivity contribution is -0.126. The first-order valence-electron chi connectivity index (χ1n) is 5.62. The van der Waals surface area contributed by atoms with Gasteiger partial charge in [0.2, 0.25) is 0 Å². The molecule has 3 atom stereocenters. The van der Waals surface area contributed by atoms with E-state index in [0.717, 1.165) is 19.3 Å². The van der Waals surface area contributed by atoms with Crippen molar-refractivity contribution < 1.29 is 4.79 Å². The van der Waals surface area contributed by atoms with Gasteiger partial charge in [0, 0.05) is 5.92 Å². The van der Waals surface area contributed by atoms with Crippen molar-refractivity contribution in [1.29, 1.82) is 5.26 Å². The SMILES string of the molecule is CCC(C#N)C(=O)C1CCCC(C)C1. The molecule has 0 saturated heterocycles. The second-order valence-electron chi connectivity index (χ2n) is 4.46. The fraction of sp³-hybridized carbons (Fsp3) is 0.833. The Balaban J connectivity index is 2.55. The van der Waals surface area contributed by atoms with Crippen molar-refractivity contribution in [3.05, 3.63) is 0 Å². The van der Waals surface area contributed by atoms with Crippen LogP contribution >= 0.6 is 0 Å². The van der Waals surface area contributed by atoms with E-state index in [0.29, 0.717) is 12.3 Å². The first-order chi connectivity index (χ1) is 6.69. The van der Waals surface area contributed by atoms with Gasteiger partial charge in [-0.05, 0) is 25.2 Å². The Morgan fingerprint density at radius 1 is 1.57 bits per heavy atom. The predicted octanol–water partition coefficient (Wildman–Crippen LogP) is 2.93. The summed E-state index contributed by atoms with van der Waals surface area (Å²) >= 11 is 0. The molecule has 1 aliphatic rings. The molecule has 1 fully saturated rings. The Bertz CT molecular complexity index is 241. The van der Waals surface area contributed by atoms with E-state index in [1.165, 1.54) is 6.42 Å². The van der Waals surface area contributed by atoms with E-state index in [9.17, 15) is 4.79 Å². The molecular formula is C12H19NO. The standard InChI is InChI=1S/C12H19NO/c1-3-10(8-13)12(14)11-6-4-5-9(2)7-11/h9-11H,3-7H2,1-2H3. The normalized spacial score (nSPS) is 29.2. The van der Waals surface area contributed by atoms with E-state index >= 15 is 0 Å². The van der Waals surface area contributed by atoms with Crippen LogP contribution in [0, 0.1) is 29.1 Å². The minimum Gasteiger partial charge on any atom is -0.298 e. The highest BCUT2D eigenvalue weighted by Gasteiger charge is 2.29. The summed E-state index contributed by atoms with van der Waals surface area (Å²) in [5.74, 6) is 0.670. The van der Waals surface area contributed by atoms with Crippen molar-refractivity contribution in [2.45, 2.75) is 46.0 Å². The molecule has 1 aliphatic carbocycles. The Hall–Kier alpha value is -0.840. The van der Waals surface area contributed by atoms with Gasteiger partial charge >= 0.3 is 0 Å². The van der Waals surface area contributed by atoms with E-state index in [4.69, 9.17) is 5.26 Å². The van der Waals surface area contributed by atoms with Crippen molar-refractivity contribution in [2.75, 3.05) is 0 Å². The van der Waals surface area contributed by atoms with Crippen molar-refractivity contribution in [3.8, 4) is 6.07 Å². The Morgan fingerprint density at radius 2 is 2.29 bits per heavy atom. The summed E-state index contributed by atoms with van der Waals surface area (Å²) in [5.41, 5.74) is 0. The van der Waals surface area contributed by atoms with E-state index < -0.39 is 0 Å².